The minimum absolute atomic E-state index is 0.485. The van der Waals surface area contributed by atoms with Gasteiger partial charge in [0.1, 0.15) is 0 Å². The first-order valence-electron chi connectivity index (χ1n) is 5.98. The van der Waals surface area contributed by atoms with Crippen LogP contribution < -0.4 is 5.32 Å². The van der Waals surface area contributed by atoms with E-state index in [-0.39, 0.29) is 0 Å². The number of rotatable bonds is 4. The van der Waals surface area contributed by atoms with Gasteiger partial charge in [0.05, 0.1) is 22.8 Å². The zero-order chi connectivity index (χ0) is 13.1. The number of nitrogens with zero attached hydrogens (tertiary/aromatic N) is 1. The summed E-state index contributed by atoms with van der Waals surface area (Å²) >= 11 is 6.28. The minimum atomic E-state index is 0.485. The first-order valence-corrected chi connectivity index (χ1v) is 6.36. The Morgan fingerprint density at radius 3 is 2.78 bits per heavy atom. The van der Waals surface area contributed by atoms with Crippen LogP contribution in [0.2, 0.25) is 5.02 Å². The van der Waals surface area contributed by atoms with Crippen molar-refractivity contribution < 1.29 is 4.74 Å². The molecule has 1 aromatic heterocycles. The van der Waals surface area contributed by atoms with Crippen LogP contribution >= 0.6 is 11.6 Å². The largest absolute Gasteiger partial charge is 0.385 e. The topological polar surface area (TPSA) is 34.1 Å². The van der Waals surface area contributed by atoms with E-state index in [0.29, 0.717) is 11.6 Å². The molecule has 2 aromatic rings. The maximum Gasteiger partial charge on any atom is 0.0913 e. The molecule has 4 heteroatoms. The van der Waals surface area contributed by atoms with Crippen LogP contribution in [0, 0.1) is 6.92 Å². The summed E-state index contributed by atoms with van der Waals surface area (Å²) < 4.78 is 5.14. The van der Waals surface area contributed by atoms with Crippen LogP contribution in [0.5, 0.6) is 0 Å². The van der Waals surface area contributed by atoms with E-state index in [1.54, 1.807) is 7.11 Å². The lowest BCUT2D eigenvalue weighted by Crippen LogP contribution is -2.02. The first kappa shape index (κ1) is 13.1. The molecule has 1 N–H and O–H groups in total. The van der Waals surface area contributed by atoms with E-state index in [4.69, 9.17) is 16.3 Å². The molecule has 18 heavy (non-hydrogen) atoms. The van der Waals surface area contributed by atoms with Crippen LogP contribution in [0.15, 0.2) is 18.2 Å². The monoisotopic (exact) mass is 264 g/mol. The third kappa shape index (κ3) is 2.57. The zero-order valence-corrected chi connectivity index (χ0v) is 11.6. The SMILES string of the molecule is CCNc1cc(COC)nc2c(Cl)cc(C)cc12. The van der Waals surface area contributed by atoms with Gasteiger partial charge in [-0.05, 0) is 37.6 Å². The number of fused-ring (bicyclic) bond motifs is 1. The normalized spacial score (nSPS) is 10.9. The predicted molar refractivity (Wildman–Crippen MR) is 76.4 cm³/mol. The van der Waals surface area contributed by atoms with Gasteiger partial charge in [0.2, 0.25) is 0 Å². The van der Waals surface area contributed by atoms with E-state index < -0.39 is 0 Å². The number of hydrogen-bond donors (Lipinski definition) is 1. The highest BCUT2D eigenvalue weighted by molar-refractivity contribution is 6.35. The van der Waals surface area contributed by atoms with Crippen molar-refractivity contribution >= 4 is 28.2 Å². The summed E-state index contributed by atoms with van der Waals surface area (Å²) in [5, 5.41) is 5.09. The number of pyridine rings is 1. The van der Waals surface area contributed by atoms with E-state index in [2.05, 4.69) is 23.3 Å². The van der Waals surface area contributed by atoms with Gasteiger partial charge in [-0.15, -0.1) is 0 Å². The van der Waals surface area contributed by atoms with Crippen LogP contribution in [0.1, 0.15) is 18.2 Å². The maximum atomic E-state index is 6.28. The number of ether oxygens (including phenoxy) is 1. The average molecular weight is 265 g/mol. The molecular weight excluding hydrogens is 248 g/mol. The summed E-state index contributed by atoms with van der Waals surface area (Å²) in [4.78, 5) is 4.55. The van der Waals surface area contributed by atoms with Gasteiger partial charge in [0.25, 0.3) is 0 Å². The van der Waals surface area contributed by atoms with Crippen molar-refractivity contribution in [3.8, 4) is 0 Å². The van der Waals surface area contributed by atoms with E-state index in [9.17, 15) is 0 Å². The van der Waals surface area contributed by atoms with Gasteiger partial charge in [-0.1, -0.05) is 11.6 Å². The molecule has 0 aliphatic heterocycles. The summed E-state index contributed by atoms with van der Waals surface area (Å²) in [5.74, 6) is 0. The van der Waals surface area contributed by atoms with Gasteiger partial charge in [-0.2, -0.15) is 0 Å². The van der Waals surface area contributed by atoms with Crippen molar-refractivity contribution in [3.63, 3.8) is 0 Å². The molecule has 2 rings (SSSR count). The van der Waals surface area contributed by atoms with E-state index in [0.717, 1.165) is 34.4 Å². The van der Waals surface area contributed by atoms with Gasteiger partial charge >= 0.3 is 0 Å². The highest BCUT2D eigenvalue weighted by Gasteiger charge is 2.09. The molecular formula is C14H17ClN2O. The van der Waals surface area contributed by atoms with E-state index in [1.807, 2.05) is 19.1 Å². The van der Waals surface area contributed by atoms with Crippen molar-refractivity contribution in [2.45, 2.75) is 20.5 Å². The van der Waals surface area contributed by atoms with Gasteiger partial charge < -0.3 is 10.1 Å². The number of anilines is 1. The fourth-order valence-corrected chi connectivity index (χ4v) is 2.35. The first-order chi connectivity index (χ1) is 8.65. The predicted octanol–water partition coefficient (Wildman–Crippen LogP) is 3.77. The summed E-state index contributed by atoms with van der Waals surface area (Å²) in [6, 6.07) is 6.05. The van der Waals surface area contributed by atoms with E-state index >= 15 is 0 Å². The average Bonchev–Trinajstić information content (AvgIpc) is 2.31. The lowest BCUT2D eigenvalue weighted by Gasteiger charge is -2.12. The van der Waals surface area contributed by atoms with Gasteiger partial charge in [-0.3, -0.25) is 0 Å². The lowest BCUT2D eigenvalue weighted by molar-refractivity contribution is 0.182. The number of aromatic nitrogens is 1. The summed E-state index contributed by atoms with van der Waals surface area (Å²) in [5.41, 5.74) is 3.90. The lowest BCUT2D eigenvalue weighted by atomic mass is 10.1. The third-order valence-electron chi connectivity index (χ3n) is 2.72. The van der Waals surface area contributed by atoms with Crippen LogP contribution in [0.4, 0.5) is 5.69 Å². The second kappa shape index (κ2) is 5.55. The Morgan fingerprint density at radius 1 is 1.33 bits per heavy atom. The van der Waals surface area contributed by atoms with Crippen LogP contribution in [-0.2, 0) is 11.3 Å². The third-order valence-corrected chi connectivity index (χ3v) is 3.01. The smallest absolute Gasteiger partial charge is 0.0913 e. The number of benzene rings is 1. The Bertz CT molecular complexity index is 569. The quantitative estimate of drug-likeness (QED) is 0.913. The van der Waals surface area contributed by atoms with Crippen molar-refractivity contribution in [1.29, 1.82) is 0 Å². The Labute approximate surface area is 112 Å². The molecule has 1 aromatic carbocycles. The van der Waals surface area contributed by atoms with Crippen LogP contribution in [0.3, 0.4) is 0 Å². The molecule has 0 spiro atoms. The number of aryl methyl sites for hydroxylation is 1. The fraction of sp³-hybridized carbons (Fsp3) is 0.357. The molecule has 0 amide bonds. The Hall–Kier alpha value is -1.32. The molecule has 0 unspecified atom stereocenters. The molecule has 1 heterocycles. The molecule has 0 bridgehead atoms. The van der Waals surface area contributed by atoms with Crippen LogP contribution in [0.25, 0.3) is 10.9 Å². The molecule has 96 valence electrons. The standard InChI is InChI=1S/C14H17ClN2O/c1-4-16-13-7-10(8-18-3)17-14-11(13)5-9(2)6-12(14)15/h5-7H,4,8H2,1-3H3,(H,16,17). The number of hydrogen-bond acceptors (Lipinski definition) is 3. The van der Waals surface area contributed by atoms with Crippen molar-refractivity contribution in [3.05, 3.63) is 34.5 Å². The highest BCUT2D eigenvalue weighted by Crippen LogP contribution is 2.30. The minimum Gasteiger partial charge on any atom is -0.385 e. The van der Waals surface area contributed by atoms with Crippen LogP contribution in [-0.4, -0.2) is 18.6 Å². The molecule has 0 aliphatic rings. The van der Waals surface area contributed by atoms with Gasteiger partial charge in [-0.25, -0.2) is 4.98 Å². The van der Waals surface area contributed by atoms with Gasteiger partial charge in [0, 0.05) is 24.7 Å². The molecule has 0 radical (unpaired) electrons. The second-order valence-electron chi connectivity index (χ2n) is 4.27. The Balaban J connectivity index is 2.68. The molecule has 0 aliphatic carbocycles. The summed E-state index contributed by atoms with van der Waals surface area (Å²) in [7, 11) is 1.66. The number of halogens is 1. The molecule has 0 atom stereocenters. The van der Waals surface area contributed by atoms with Crippen molar-refractivity contribution in [2.24, 2.45) is 0 Å². The van der Waals surface area contributed by atoms with E-state index in [1.165, 1.54) is 0 Å². The van der Waals surface area contributed by atoms with Crippen molar-refractivity contribution in [1.82, 2.24) is 4.98 Å². The second-order valence-corrected chi connectivity index (χ2v) is 4.67. The Kier molecular flexibility index (Phi) is 4.04. The summed E-state index contributed by atoms with van der Waals surface area (Å²) in [6.07, 6.45) is 0. The highest BCUT2D eigenvalue weighted by atomic mass is 35.5. The number of nitrogens with one attached hydrogen (secondary N) is 1. The molecule has 0 fully saturated rings. The molecule has 3 nitrogen and oxygen atoms in total. The molecule has 0 saturated heterocycles. The Morgan fingerprint density at radius 2 is 2.11 bits per heavy atom. The maximum absolute atomic E-state index is 6.28. The van der Waals surface area contributed by atoms with Crippen molar-refractivity contribution in [2.75, 3.05) is 19.0 Å². The number of methoxy groups -OCH3 is 1. The molecule has 0 saturated carbocycles. The zero-order valence-electron chi connectivity index (χ0n) is 10.9. The van der Waals surface area contributed by atoms with Gasteiger partial charge in [0.15, 0.2) is 0 Å². The fourth-order valence-electron chi connectivity index (χ4n) is 2.03. The summed E-state index contributed by atoms with van der Waals surface area (Å²) in [6.45, 7) is 5.44.